The fourth-order valence-corrected chi connectivity index (χ4v) is 2.62. The van der Waals surface area contributed by atoms with Gasteiger partial charge in [-0.3, -0.25) is 0 Å². The van der Waals surface area contributed by atoms with Crippen LogP contribution in [0.15, 0.2) is 24.3 Å². The molecule has 1 saturated carbocycles. The Balaban J connectivity index is 1.88. The Morgan fingerprint density at radius 2 is 2.00 bits per heavy atom. The van der Waals surface area contributed by atoms with E-state index >= 15 is 0 Å². The molecule has 0 atom stereocenters. The second kappa shape index (κ2) is 6.59. The molecule has 0 amide bonds. The maximum atomic E-state index is 11.7. The molecule has 20 heavy (non-hydrogen) atoms. The number of nitrogens with one attached hydrogen (secondary N) is 1. The van der Waals surface area contributed by atoms with Gasteiger partial charge in [-0.2, -0.15) is 0 Å². The molecule has 4 nitrogen and oxygen atoms in total. The van der Waals surface area contributed by atoms with Crippen molar-refractivity contribution in [3.63, 3.8) is 0 Å². The van der Waals surface area contributed by atoms with Gasteiger partial charge in [0.15, 0.2) is 9.84 Å². The highest BCUT2D eigenvalue weighted by molar-refractivity contribution is 7.91. The summed E-state index contributed by atoms with van der Waals surface area (Å²) in [6, 6.07) is 8.44. The summed E-state index contributed by atoms with van der Waals surface area (Å²) in [7, 11) is -3.04. The third-order valence-corrected chi connectivity index (χ3v) is 5.65. The van der Waals surface area contributed by atoms with Crippen molar-refractivity contribution in [1.29, 1.82) is 0 Å². The molecule has 0 aromatic heterocycles. The van der Waals surface area contributed by atoms with Crippen molar-refractivity contribution in [3.8, 4) is 5.75 Å². The van der Waals surface area contributed by atoms with Crippen molar-refractivity contribution in [1.82, 2.24) is 5.32 Å². The van der Waals surface area contributed by atoms with Gasteiger partial charge in [-0.25, -0.2) is 8.42 Å². The van der Waals surface area contributed by atoms with E-state index in [1.54, 1.807) is 13.8 Å². The molecule has 112 valence electrons. The Morgan fingerprint density at radius 1 is 1.30 bits per heavy atom. The molecule has 1 fully saturated rings. The maximum Gasteiger partial charge on any atom is 0.155 e. The first-order chi connectivity index (χ1) is 9.49. The zero-order valence-electron chi connectivity index (χ0n) is 12.1. The van der Waals surface area contributed by atoms with Crippen molar-refractivity contribution in [2.45, 2.75) is 44.5 Å². The van der Waals surface area contributed by atoms with Gasteiger partial charge in [0.05, 0.1) is 11.0 Å². The molecule has 0 saturated heterocycles. The lowest BCUT2D eigenvalue weighted by Crippen LogP contribution is -2.22. The van der Waals surface area contributed by atoms with Gasteiger partial charge in [0.1, 0.15) is 12.4 Å². The smallest absolute Gasteiger partial charge is 0.155 e. The zero-order chi connectivity index (χ0) is 14.6. The largest absolute Gasteiger partial charge is 0.492 e. The quantitative estimate of drug-likeness (QED) is 0.799. The van der Waals surface area contributed by atoms with E-state index in [0.29, 0.717) is 6.04 Å². The van der Waals surface area contributed by atoms with E-state index in [-0.39, 0.29) is 17.6 Å². The lowest BCUT2D eigenvalue weighted by Gasteiger charge is -2.13. The second-order valence-electron chi connectivity index (χ2n) is 5.53. The number of ether oxygens (including phenoxy) is 1. The van der Waals surface area contributed by atoms with Crippen LogP contribution in [0.4, 0.5) is 0 Å². The van der Waals surface area contributed by atoms with Gasteiger partial charge in [0, 0.05) is 18.2 Å². The molecule has 0 spiro atoms. The monoisotopic (exact) mass is 297 g/mol. The van der Waals surface area contributed by atoms with Crippen LogP contribution in [0.1, 0.15) is 32.3 Å². The first-order valence-corrected chi connectivity index (χ1v) is 8.86. The van der Waals surface area contributed by atoms with Crippen LogP contribution in [0.2, 0.25) is 0 Å². The lowest BCUT2D eigenvalue weighted by molar-refractivity contribution is 0.336. The van der Waals surface area contributed by atoms with Crippen LogP contribution < -0.4 is 10.1 Å². The van der Waals surface area contributed by atoms with E-state index in [4.69, 9.17) is 4.74 Å². The number of benzene rings is 1. The molecule has 0 radical (unpaired) electrons. The normalized spacial score (nSPS) is 15.6. The fraction of sp³-hybridized carbons (Fsp3) is 0.600. The van der Waals surface area contributed by atoms with Crippen LogP contribution in [0.5, 0.6) is 5.75 Å². The average Bonchev–Trinajstić information content (AvgIpc) is 3.21. The minimum atomic E-state index is -3.04. The van der Waals surface area contributed by atoms with Crippen molar-refractivity contribution in [2.75, 3.05) is 12.4 Å². The van der Waals surface area contributed by atoms with E-state index < -0.39 is 9.84 Å². The topological polar surface area (TPSA) is 55.4 Å². The van der Waals surface area contributed by atoms with E-state index in [2.05, 4.69) is 5.32 Å². The Morgan fingerprint density at radius 3 is 2.65 bits per heavy atom. The third kappa shape index (κ3) is 4.49. The molecule has 1 aromatic rings. The standard InChI is InChI=1S/C15H23NO3S/c1-12(2)20(17,18)10-9-19-15-6-4-3-5-13(15)11-16-14-7-8-14/h3-6,12,14,16H,7-11H2,1-2H3. The molecule has 0 aliphatic heterocycles. The molecule has 1 aromatic carbocycles. The fourth-order valence-electron chi connectivity index (χ4n) is 1.84. The van der Waals surface area contributed by atoms with Gasteiger partial charge in [-0.05, 0) is 32.8 Å². The van der Waals surface area contributed by atoms with Gasteiger partial charge in [-0.15, -0.1) is 0 Å². The number of hydrogen-bond donors (Lipinski definition) is 1. The Labute approximate surface area is 121 Å². The molecule has 0 unspecified atom stereocenters. The molecule has 2 rings (SSSR count). The van der Waals surface area contributed by atoms with Crippen molar-refractivity contribution >= 4 is 9.84 Å². The minimum Gasteiger partial charge on any atom is -0.492 e. The molecule has 0 bridgehead atoms. The second-order valence-corrected chi connectivity index (χ2v) is 8.20. The molecule has 0 heterocycles. The minimum absolute atomic E-state index is 0.0645. The van der Waals surface area contributed by atoms with Crippen LogP contribution in [-0.2, 0) is 16.4 Å². The summed E-state index contributed by atoms with van der Waals surface area (Å²) in [4.78, 5) is 0. The molecular weight excluding hydrogens is 274 g/mol. The van der Waals surface area contributed by atoms with Gasteiger partial charge < -0.3 is 10.1 Å². The molecule has 5 heteroatoms. The summed E-state index contributed by atoms with van der Waals surface area (Å²) >= 11 is 0. The summed E-state index contributed by atoms with van der Waals surface area (Å²) < 4.78 is 29.1. The summed E-state index contributed by atoms with van der Waals surface area (Å²) in [6.45, 7) is 4.38. The van der Waals surface area contributed by atoms with Gasteiger partial charge in [0.25, 0.3) is 0 Å². The number of sulfone groups is 1. The summed E-state index contributed by atoms with van der Waals surface area (Å²) in [5.41, 5.74) is 1.08. The first-order valence-electron chi connectivity index (χ1n) is 7.14. The number of hydrogen-bond acceptors (Lipinski definition) is 4. The molecule has 1 N–H and O–H groups in total. The summed E-state index contributed by atoms with van der Waals surface area (Å²) in [5, 5.41) is 3.09. The molecule has 1 aliphatic rings. The highest BCUT2D eigenvalue weighted by Gasteiger charge is 2.20. The van der Waals surface area contributed by atoms with Crippen LogP contribution in [0.25, 0.3) is 0 Å². The van der Waals surface area contributed by atoms with Crippen LogP contribution in [0, 0.1) is 0 Å². The highest BCUT2D eigenvalue weighted by atomic mass is 32.2. The molecule has 1 aliphatic carbocycles. The van der Waals surface area contributed by atoms with Crippen LogP contribution in [0.3, 0.4) is 0 Å². The van der Waals surface area contributed by atoms with Gasteiger partial charge in [0.2, 0.25) is 0 Å². The van der Waals surface area contributed by atoms with Crippen molar-refractivity contribution in [3.05, 3.63) is 29.8 Å². The lowest BCUT2D eigenvalue weighted by atomic mass is 10.2. The maximum absolute atomic E-state index is 11.7. The Kier molecular flexibility index (Phi) is 5.05. The Bertz CT molecular complexity index is 536. The molecular formula is C15H23NO3S. The van der Waals surface area contributed by atoms with Crippen molar-refractivity contribution in [2.24, 2.45) is 0 Å². The number of rotatable bonds is 8. The van der Waals surface area contributed by atoms with Gasteiger partial charge >= 0.3 is 0 Å². The SMILES string of the molecule is CC(C)S(=O)(=O)CCOc1ccccc1CNC1CC1. The third-order valence-electron chi connectivity index (χ3n) is 3.47. The predicted octanol–water partition coefficient (Wildman–Crippen LogP) is 2.14. The Hall–Kier alpha value is -1.07. The highest BCUT2D eigenvalue weighted by Crippen LogP contribution is 2.22. The summed E-state index contributed by atoms with van der Waals surface area (Å²) in [5.74, 6) is 0.842. The first kappa shape index (κ1) is 15.3. The van der Waals surface area contributed by atoms with E-state index in [1.807, 2.05) is 24.3 Å². The van der Waals surface area contributed by atoms with E-state index in [1.165, 1.54) is 12.8 Å². The average molecular weight is 297 g/mol. The van der Waals surface area contributed by atoms with Crippen molar-refractivity contribution < 1.29 is 13.2 Å². The summed E-state index contributed by atoms with van der Waals surface area (Å²) in [6.07, 6.45) is 2.49. The zero-order valence-corrected chi connectivity index (χ0v) is 12.9. The van der Waals surface area contributed by atoms with E-state index in [0.717, 1.165) is 17.9 Å². The van der Waals surface area contributed by atoms with Crippen LogP contribution in [-0.4, -0.2) is 32.1 Å². The van der Waals surface area contributed by atoms with Crippen LogP contribution >= 0.6 is 0 Å². The number of para-hydroxylation sites is 1. The van der Waals surface area contributed by atoms with E-state index in [9.17, 15) is 8.42 Å². The van der Waals surface area contributed by atoms with Gasteiger partial charge in [-0.1, -0.05) is 18.2 Å². The predicted molar refractivity (Wildman–Crippen MR) is 80.7 cm³/mol.